The zero-order chi connectivity index (χ0) is 19.5. The highest BCUT2D eigenvalue weighted by Gasteiger charge is 2.24. The van der Waals surface area contributed by atoms with Gasteiger partial charge in [0.2, 0.25) is 0 Å². The molecule has 1 aromatic heterocycles. The number of nitrogens with zero attached hydrogens (tertiary/aromatic N) is 3. The smallest absolute Gasteiger partial charge is 0.255 e. The van der Waals surface area contributed by atoms with E-state index in [2.05, 4.69) is 43.0 Å². The molecule has 4 nitrogen and oxygen atoms in total. The summed E-state index contributed by atoms with van der Waals surface area (Å²) in [5, 5.41) is 1.61. The summed E-state index contributed by atoms with van der Waals surface area (Å²) in [5.41, 5.74) is 1.91. The van der Waals surface area contributed by atoms with E-state index in [4.69, 9.17) is 4.98 Å². The van der Waals surface area contributed by atoms with Gasteiger partial charge in [0.05, 0.1) is 22.3 Å². The molecule has 0 bridgehead atoms. The van der Waals surface area contributed by atoms with Gasteiger partial charge in [-0.1, -0.05) is 38.1 Å². The molecule has 6 heteroatoms. The largest absolute Gasteiger partial charge is 0.336 e. The monoisotopic (exact) mass is 411 g/mol. The van der Waals surface area contributed by atoms with Crippen LogP contribution in [0.2, 0.25) is 0 Å². The van der Waals surface area contributed by atoms with E-state index < -0.39 is 0 Å². The van der Waals surface area contributed by atoms with E-state index in [9.17, 15) is 4.79 Å². The normalized spacial score (nSPS) is 15.5. The fourth-order valence-corrected chi connectivity index (χ4v) is 5.42. The molecule has 4 rings (SSSR count). The average molecular weight is 412 g/mol. The molecule has 2 heterocycles. The van der Waals surface area contributed by atoms with Crippen molar-refractivity contribution in [2.75, 3.05) is 26.2 Å². The summed E-state index contributed by atoms with van der Waals surface area (Å²) in [4.78, 5) is 23.3. The van der Waals surface area contributed by atoms with E-state index in [0.29, 0.717) is 5.25 Å². The second kappa shape index (κ2) is 8.64. The molecule has 0 spiro atoms. The Morgan fingerprint density at radius 1 is 1.07 bits per heavy atom. The van der Waals surface area contributed by atoms with Crippen molar-refractivity contribution in [1.82, 2.24) is 14.8 Å². The van der Waals surface area contributed by atoms with Gasteiger partial charge in [0.1, 0.15) is 5.01 Å². The number of hydrogen-bond donors (Lipinski definition) is 0. The maximum absolute atomic E-state index is 13.1. The van der Waals surface area contributed by atoms with Crippen LogP contribution in [0.25, 0.3) is 10.2 Å². The Morgan fingerprint density at radius 2 is 1.79 bits per heavy atom. The molecule has 3 aromatic rings. The zero-order valence-corrected chi connectivity index (χ0v) is 17.9. The molecular weight excluding hydrogens is 386 g/mol. The number of rotatable bonds is 5. The molecule has 1 fully saturated rings. The van der Waals surface area contributed by atoms with Gasteiger partial charge in [0.15, 0.2) is 0 Å². The van der Waals surface area contributed by atoms with Crippen molar-refractivity contribution >= 4 is 39.2 Å². The molecule has 28 heavy (non-hydrogen) atoms. The maximum atomic E-state index is 13.1. The van der Waals surface area contributed by atoms with Crippen LogP contribution in [-0.4, -0.2) is 52.1 Å². The Morgan fingerprint density at radius 3 is 2.54 bits per heavy atom. The molecule has 1 saturated heterocycles. The van der Waals surface area contributed by atoms with Crippen molar-refractivity contribution in [2.24, 2.45) is 0 Å². The highest BCUT2D eigenvalue weighted by atomic mass is 32.2. The van der Waals surface area contributed by atoms with E-state index in [1.54, 1.807) is 23.1 Å². The fourth-order valence-electron chi connectivity index (χ4n) is 3.46. The highest BCUT2D eigenvalue weighted by Crippen LogP contribution is 2.28. The highest BCUT2D eigenvalue weighted by molar-refractivity contribution is 8.00. The van der Waals surface area contributed by atoms with Crippen molar-refractivity contribution in [3.05, 3.63) is 59.1 Å². The number of thiazole rings is 1. The van der Waals surface area contributed by atoms with E-state index in [1.807, 2.05) is 29.2 Å². The van der Waals surface area contributed by atoms with E-state index in [-0.39, 0.29) is 5.91 Å². The third kappa shape index (κ3) is 4.40. The molecule has 2 aromatic carbocycles. The SMILES string of the molecule is CC(C)Sc1ccccc1C(=O)N1CCN(Cc2nc3ccccc3s2)CC1. The van der Waals surface area contributed by atoms with Crippen LogP contribution in [0.5, 0.6) is 0 Å². The van der Waals surface area contributed by atoms with Crippen LogP contribution in [0.4, 0.5) is 0 Å². The standard InChI is InChI=1S/C22H25N3OS2/c1-16(2)27-19-9-5-3-7-17(19)22(26)25-13-11-24(12-14-25)15-21-23-18-8-4-6-10-20(18)28-21/h3-10,16H,11-15H2,1-2H3. The number of fused-ring (bicyclic) bond motifs is 1. The summed E-state index contributed by atoms with van der Waals surface area (Å²) in [6.45, 7) is 8.50. The van der Waals surface area contributed by atoms with Crippen molar-refractivity contribution in [3.8, 4) is 0 Å². The molecule has 0 unspecified atom stereocenters. The van der Waals surface area contributed by atoms with Gasteiger partial charge in [-0.25, -0.2) is 4.98 Å². The molecule has 0 N–H and O–H groups in total. The van der Waals surface area contributed by atoms with Gasteiger partial charge in [-0.05, 0) is 24.3 Å². The van der Waals surface area contributed by atoms with E-state index in [1.165, 1.54) is 4.70 Å². The summed E-state index contributed by atoms with van der Waals surface area (Å²) >= 11 is 3.52. The van der Waals surface area contributed by atoms with Crippen LogP contribution >= 0.6 is 23.1 Å². The van der Waals surface area contributed by atoms with Gasteiger partial charge in [0, 0.05) is 36.3 Å². The number of para-hydroxylation sites is 1. The lowest BCUT2D eigenvalue weighted by atomic mass is 10.2. The van der Waals surface area contributed by atoms with Crippen molar-refractivity contribution in [1.29, 1.82) is 0 Å². The van der Waals surface area contributed by atoms with Crippen molar-refractivity contribution in [2.45, 2.75) is 30.5 Å². The van der Waals surface area contributed by atoms with Gasteiger partial charge >= 0.3 is 0 Å². The van der Waals surface area contributed by atoms with Crippen LogP contribution in [0.3, 0.4) is 0 Å². The molecule has 0 saturated carbocycles. The summed E-state index contributed by atoms with van der Waals surface area (Å²) in [7, 11) is 0. The third-order valence-corrected chi connectivity index (χ3v) is 6.94. The number of carbonyl (C=O) groups is 1. The second-order valence-electron chi connectivity index (χ2n) is 7.31. The first-order valence-electron chi connectivity index (χ1n) is 9.72. The van der Waals surface area contributed by atoms with Gasteiger partial charge in [-0.15, -0.1) is 23.1 Å². The minimum atomic E-state index is 0.156. The van der Waals surface area contributed by atoms with Crippen molar-refractivity contribution < 1.29 is 4.79 Å². The number of aromatic nitrogens is 1. The van der Waals surface area contributed by atoms with Crippen LogP contribution in [0, 0.1) is 0 Å². The third-order valence-electron chi connectivity index (χ3n) is 4.84. The van der Waals surface area contributed by atoms with Crippen LogP contribution in [0.15, 0.2) is 53.4 Å². The molecule has 1 aliphatic heterocycles. The maximum Gasteiger partial charge on any atom is 0.255 e. The number of benzene rings is 2. The van der Waals surface area contributed by atoms with Gasteiger partial charge in [-0.2, -0.15) is 0 Å². The number of hydrogen-bond acceptors (Lipinski definition) is 5. The molecule has 0 aliphatic carbocycles. The quantitative estimate of drug-likeness (QED) is 0.568. The topological polar surface area (TPSA) is 36.4 Å². The second-order valence-corrected chi connectivity index (χ2v) is 10.0. The number of carbonyl (C=O) groups excluding carboxylic acids is 1. The number of piperazine rings is 1. The Balaban J connectivity index is 1.38. The summed E-state index contributed by atoms with van der Waals surface area (Å²) in [5.74, 6) is 0.156. The number of amides is 1. The summed E-state index contributed by atoms with van der Waals surface area (Å²) in [6.07, 6.45) is 0. The van der Waals surface area contributed by atoms with Gasteiger partial charge in [-0.3, -0.25) is 9.69 Å². The fraction of sp³-hybridized carbons (Fsp3) is 0.364. The summed E-state index contributed by atoms with van der Waals surface area (Å²) < 4.78 is 1.24. The van der Waals surface area contributed by atoms with Crippen molar-refractivity contribution in [3.63, 3.8) is 0 Å². The van der Waals surface area contributed by atoms with Gasteiger partial charge < -0.3 is 4.90 Å². The lowest BCUT2D eigenvalue weighted by Gasteiger charge is -2.34. The van der Waals surface area contributed by atoms with Gasteiger partial charge in [0.25, 0.3) is 5.91 Å². The van der Waals surface area contributed by atoms with E-state index in [0.717, 1.165) is 53.7 Å². The molecular formula is C22H25N3OS2. The molecule has 0 radical (unpaired) electrons. The molecule has 1 amide bonds. The summed E-state index contributed by atoms with van der Waals surface area (Å²) in [6, 6.07) is 16.3. The van der Waals surface area contributed by atoms with Crippen LogP contribution in [0.1, 0.15) is 29.2 Å². The Kier molecular flexibility index (Phi) is 5.99. The molecule has 146 valence electrons. The predicted molar refractivity (Wildman–Crippen MR) is 118 cm³/mol. The number of thioether (sulfide) groups is 1. The Hall–Kier alpha value is -1.89. The Labute approximate surface area is 174 Å². The minimum Gasteiger partial charge on any atom is -0.336 e. The predicted octanol–water partition coefficient (Wildman–Crippen LogP) is 4.75. The van der Waals surface area contributed by atoms with Crippen LogP contribution in [-0.2, 0) is 6.54 Å². The first-order valence-corrected chi connectivity index (χ1v) is 11.4. The average Bonchev–Trinajstić information content (AvgIpc) is 3.10. The van der Waals surface area contributed by atoms with E-state index >= 15 is 0 Å². The zero-order valence-electron chi connectivity index (χ0n) is 16.3. The molecule has 1 aliphatic rings. The van der Waals surface area contributed by atoms with Crippen LogP contribution < -0.4 is 0 Å². The lowest BCUT2D eigenvalue weighted by molar-refractivity contribution is 0.0625. The Bertz CT molecular complexity index is 928. The first-order chi connectivity index (χ1) is 13.6. The molecule has 0 atom stereocenters. The first kappa shape index (κ1) is 19.4. The minimum absolute atomic E-state index is 0.156. The lowest BCUT2D eigenvalue weighted by Crippen LogP contribution is -2.48.